The summed E-state index contributed by atoms with van der Waals surface area (Å²) >= 11 is 0. The number of hydrogen-bond acceptors (Lipinski definition) is 6. The second-order valence-corrected chi connectivity index (χ2v) is 16.9. The van der Waals surface area contributed by atoms with Crippen molar-refractivity contribution < 1.29 is 8.42 Å². The highest BCUT2D eigenvalue weighted by Gasteiger charge is 2.31. The van der Waals surface area contributed by atoms with E-state index < -0.39 is 9.84 Å². The van der Waals surface area contributed by atoms with Gasteiger partial charge in [-0.2, -0.15) is 0 Å². The zero-order valence-corrected chi connectivity index (χ0v) is 33.5. The van der Waals surface area contributed by atoms with E-state index in [-0.39, 0.29) is 9.79 Å². The van der Waals surface area contributed by atoms with Crippen molar-refractivity contribution in [3.63, 3.8) is 0 Å². The molecule has 0 amide bonds. The summed E-state index contributed by atoms with van der Waals surface area (Å²) in [5, 5.41) is 1.49. The lowest BCUT2D eigenvalue weighted by Crippen LogP contribution is -2.07. The van der Waals surface area contributed by atoms with Crippen molar-refractivity contribution in [2.45, 2.75) is 9.79 Å². The quantitative estimate of drug-likeness (QED) is 0.176. The Morgan fingerprint density at radius 2 is 0.951 bits per heavy atom. The number of hydrogen-bond donors (Lipinski definition) is 0. The number of fused-ring (bicyclic) bond motifs is 11. The van der Waals surface area contributed by atoms with Crippen LogP contribution in [0.3, 0.4) is 0 Å². The minimum atomic E-state index is -4.15. The standard InChI is InChI=1S/C54H34N4O2S/c59-61(60)52-23-11-10-22-46(52)44-21-9-8-19-42(44)41-18-6-7-20-43(41)45-27-25-37(31-48(45)47-28-24-35-13-4-5-17-40(35)53(47)61)54-57-50(36-14-2-1-3-15-36)32-51(58-54)39-26-29-49(56-34-39)38-16-12-30-55-33-38/h1-34H. The molecule has 1 aliphatic heterocycles. The Morgan fingerprint density at radius 1 is 0.377 bits per heavy atom. The molecule has 10 aromatic rings. The first-order chi connectivity index (χ1) is 30.0. The maximum atomic E-state index is 15.6. The summed E-state index contributed by atoms with van der Waals surface area (Å²) in [5.74, 6) is 0.499. The van der Waals surface area contributed by atoms with Crippen LogP contribution in [-0.2, 0) is 9.84 Å². The first-order valence-corrected chi connectivity index (χ1v) is 21.5. The molecule has 0 saturated carbocycles. The molecule has 4 heterocycles. The van der Waals surface area contributed by atoms with E-state index in [1.54, 1.807) is 24.5 Å². The molecule has 3 aromatic heterocycles. The van der Waals surface area contributed by atoms with Gasteiger partial charge in [-0.05, 0) is 81.2 Å². The van der Waals surface area contributed by atoms with Gasteiger partial charge in [-0.25, -0.2) is 18.4 Å². The van der Waals surface area contributed by atoms with Crippen LogP contribution >= 0.6 is 0 Å². The molecule has 0 atom stereocenters. The van der Waals surface area contributed by atoms with E-state index in [4.69, 9.17) is 15.0 Å². The van der Waals surface area contributed by atoms with E-state index in [9.17, 15) is 0 Å². The first kappa shape index (κ1) is 36.2. The summed E-state index contributed by atoms with van der Waals surface area (Å²) in [6, 6.07) is 61.5. The average Bonchev–Trinajstić information content (AvgIpc) is 3.34. The van der Waals surface area contributed by atoms with Gasteiger partial charge in [-0.1, -0.05) is 146 Å². The smallest absolute Gasteiger partial charge is 0.208 e. The largest absolute Gasteiger partial charge is 0.264 e. The lowest BCUT2D eigenvalue weighted by atomic mass is 9.85. The van der Waals surface area contributed by atoms with Crippen LogP contribution < -0.4 is 0 Å². The van der Waals surface area contributed by atoms with Crippen LogP contribution in [0.25, 0.3) is 100 Å². The highest BCUT2D eigenvalue weighted by molar-refractivity contribution is 7.92. The van der Waals surface area contributed by atoms with Gasteiger partial charge in [-0.15, -0.1) is 0 Å². The molecule has 7 aromatic carbocycles. The van der Waals surface area contributed by atoms with Crippen LogP contribution in [0.2, 0.25) is 0 Å². The van der Waals surface area contributed by atoms with E-state index >= 15 is 8.42 Å². The topological polar surface area (TPSA) is 85.7 Å². The molecule has 0 bridgehead atoms. The van der Waals surface area contributed by atoms with Crippen LogP contribution in [0.15, 0.2) is 216 Å². The average molecular weight is 803 g/mol. The van der Waals surface area contributed by atoms with Crippen molar-refractivity contribution in [3.05, 3.63) is 207 Å². The SMILES string of the molecule is O=S1(=O)c2ccccc2-c2ccccc2-c2ccccc2-c2ccc(-c3nc(-c4ccccc4)cc(-c4ccc(-c5cccnc5)nc4)n3)cc2-c2ccc3ccccc3c21. The molecule has 1 aliphatic rings. The van der Waals surface area contributed by atoms with Crippen molar-refractivity contribution in [3.8, 4) is 89.7 Å². The summed E-state index contributed by atoms with van der Waals surface area (Å²) in [4.78, 5) is 19.9. The molecule has 0 fully saturated rings. The zero-order chi connectivity index (χ0) is 40.9. The van der Waals surface area contributed by atoms with Crippen LogP contribution in [0.1, 0.15) is 0 Å². The predicted octanol–water partition coefficient (Wildman–Crippen LogP) is 12.9. The second-order valence-electron chi connectivity index (χ2n) is 15.0. The molecular weight excluding hydrogens is 769 g/mol. The Labute approximate surface area is 353 Å². The Balaban J connectivity index is 1.20. The monoisotopic (exact) mass is 802 g/mol. The molecule has 7 heteroatoms. The summed E-state index contributed by atoms with van der Waals surface area (Å²) < 4.78 is 31.2. The zero-order valence-electron chi connectivity index (χ0n) is 32.6. The fourth-order valence-corrected chi connectivity index (χ4v) is 10.4. The van der Waals surface area contributed by atoms with E-state index in [1.165, 1.54) is 0 Å². The molecule has 288 valence electrons. The molecule has 0 spiro atoms. The maximum Gasteiger partial charge on any atom is 0.208 e. The fraction of sp³-hybridized carbons (Fsp3) is 0. The molecule has 61 heavy (non-hydrogen) atoms. The second kappa shape index (κ2) is 14.7. The number of aromatic nitrogens is 4. The lowest BCUT2D eigenvalue weighted by molar-refractivity contribution is 0.597. The summed E-state index contributed by atoms with van der Waals surface area (Å²) in [5.41, 5.74) is 12.4. The minimum Gasteiger partial charge on any atom is -0.264 e. The van der Waals surface area contributed by atoms with Crippen molar-refractivity contribution in [1.29, 1.82) is 0 Å². The Bertz CT molecular complexity index is 3430. The molecule has 0 unspecified atom stereocenters. The predicted molar refractivity (Wildman–Crippen MR) is 244 cm³/mol. The Kier molecular flexibility index (Phi) is 8.76. The van der Waals surface area contributed by atoms with Gasteiger partial charge in [0.2, 0.25) is 9.84 Å². The third-order valence-electron chi connectivity index (χ3n) is 11.4. The highest BCUT2D eigenvalue weighted by Crippen LogP contribution is 2.48. The first-order valence-electron chi connectivity index (χ1n) is 20.0. The number of pyridine rings is 2. The van der Waals surface area contributed by atoms with Gasteiger partial charge >= 0.3 is 0 Å². The van der Waals surface area contributed by atoms with Crippen molar-refractivity contribution in [2.75, 3.05) is 0 Å². The van der Waals surface area contributed by atoms with Gasteiger partial charge in [0.25, 0.3) is 0 Å². The Morgan fingerprint density at radius 3 is 1.66 bits per heavy atom. The Hall–Kier alpha value is -7.87. The van der Waals surface area contributed by atoms with E-state index in [0.717, 1.165) is 72.4 Å². The van der Waals surface area contributed by atoms with Gasteiger partial charge in [0.15, 0.2) is 5.82 Å². The van der Waals surface area contributed by atoms with Gasteiger partial charge in [0.05, 0.1) is 26.9 Å². The molecule has 0 radical (unpaired) electrons. The molecule has 0 saturated heterocycles. The third kappa shape index (κ3) is 6.31. The maximum absolute atomic E-state index is 15.6. The van der Waals surface area contributed by atoms with E-state index in [1.807, 2.05) is 152 Å². The number of sulfone groups is 1. The van der Waals surface area contributed by atoms with Crippen molar-refractivity contribution >= 4 is 20.6 Å². The molecule has 0 aliphatic carbocycles. The summed E-state index contributed by atoms with van der Waals surface area (Å²) in [6.45, 7) is 0. The molecule has 0 N–H and O–H groups in total. The summed E-state index contributed by atoms with van der Waals surface area (Å²) in [6.07, 6.45) is 5.38. The summed E-state index contributed by atoms with van der Waals surface area (Å²) in [7, 11) is -4.15. The molecule has 6 nitrogen and oxygen atoms in total. The van der Waals surface area contributed by atoms with Crippen molar-refractivity contribution in [2.24, 2.45) is 0 Å². The van der Waals surface area contributed by atoms with E-state index in [0.29, 0.717) is 28.0 Å². The van der Waals surface area contributed by atoms with Gasteiger partial charge in [0.1, 0.15) is 0 Å². The van der Waals surface area contributed by atoms with Gasteiger partial charge in [0, 0.05) is 57.4 Å². The van der Waals surface area contributed by atoms with E-state index in [2.05, 4.69) is 35.3 Å². The van der Waals surface area contributed by atoms with Gasteiger partial charge in [-0.3, -0.25) is 9.97 Å². The van der Waals surface area contributed by atoms with Crippen LogP contribution in [-0.4, -0.2) is 28.4 Å². The molecule has 11 rings (SSSR count). The number of benzene rings is 7. The minimum absolute atomic E-state index is 0.254. The fourth-order valence-electron chi connectivity index (χ4n) is 8.54. The third-order valence-corrected chi connectivity index (χ3v) is 13.3. The van der Waals surface area contributed by atoms with Crippen LogP contribution in [0.5, 0.6) is 0 Å². The molecular formula is C54H34N4O2S. The highest BCUT2D eigenvalue weighted by atomic mass is 32.2. The number of rotatable bonds is 4. The van der Waals surface area contributed by atoms with Crippen LogP contribution in [0, 0.1) is 0 Å². The van der Waals surface area contributed by atoms with Crippen LogP contribution in [0.4, 0.5) is 0 Å². The normalized spacial score (nSPS) is 12.5. The number of nitrogens with zero attached hydrogens (tertiary/aromatic N) is 4. The van der Waals surface area contributed by atoms with Crippen molar-refractivity contribution in [1.82, 2.24) is 19.9 Å². The lowest BCUT2D eigenvalue weighted by Gasteiger charge is -2.19. The van der Waals surface area contributed by atoms with Gasteiger partial charge < -0.3 is 0 Å².